The van der Waals surface area contributed by atoms with Crippen molar-refractivity contribution in [1.82, 2.24) is 0 Å². The highest BCUT2D eigenvalue weighted by atomic mass is 32.2. The average molecular weight is 357 g/mol. The lowest BCUT2D eigenvalue weighted by atomic mass is 10.2. The van der Waals surface area contributed by atoms with Crippen molar-refractivity contribution in [3.05, 3.63) is 108 Å². The third-order valence-corrected chi connectivity index (χ3v) is 6.48. The SMILES string of the molecule is C1=CC([S+](c2ccccc2)c2ccc(Oc3ccccc3)cc2)=CCC1. The quantitative estimate of drug-likeness (QED) is 0.459. The van der Waals surface area contributed by atoms with Gasteiger partial charge in [-0.1, -0.05) is 42.5 Å². The van der Waals surface area contributed by atoms with Crippen molar-refractivity contribution in [2.75, 3.05) is 0 Å². The lowest BCUT2D eigenvalue weighted by Crippen LogP contribution is -2.07. The summed E-state index contributed by atoms with van der Waals surface area (Å²) in [4.78, 5) is 4.07. The minimum absolute atomic E-state index is 0.0737. The Morgan fingerprint density at radius 1 is 0.615 bits per heavy atom. The molecule has 0 saturated carbocycles. The Labute approximate surface area is 158 Å². The molecule has 0 spiro atoms. The molecule has 4 rings (SSSR count). The molecule has 1 unspecified atom stereocenters. The number of benzene rings is 3. The number of hydrogen-bond acceptors (Lipinski definition) is 1. The standard InChI is InChI=1S/C24H21OS/c1-4-10-20(11-5-1)25-21-16-18-24(19-17-21)26(22-12-6-2-7-13-22)23-14-8-3-9-15-23/h1-2,4-8,10-19H,3,9H2/q+1. The molecule has 0 N–H and O–H groups in total. The van der Waals surface area contributed by atoms with Crippen LogP contribution in [0.5, 0.6) is 11.5 Å². The monoisotopic (exact) mass is 357 g/mol. The molecule has 0 aromatic heterocycles. The Hall–Kier alpha value is -2.71. The summed E-state index contributed by atoms with van der Waals surface area (Å²) in [6.07, 6.45) is 9.21. The normalized spacial score (nSPS) is 14.5. The van der Waals surface area contributed by atoms with Gasteiger partial charge in [-0.2, -0.15) is 0 Å². The van der Waals surface area contributed by atoms with Crippen LogP contribution in [-0.4, -0.2) is 0 Å². The van der Waals surface area contributed by atoms with Gasteiger partial charge < -0.3 is 4.74 Å². The van der Waals surface area contributed by atoms with Gasteiger partial charge in [0.1, 0.15) is 11.5 Å². The highest BCUT2D eigenvalue weighted by Crippen LogP contribution is 2.34. The first-order valence-electron chi connectivity index (χ1n) is 8.89. The molecular formula is C24H21OS+. The Bertz CT molecular complexity index is 896. The van der Waals surface area contributed by atoms with Crippen molar-refractivity contribution in [2.24, 2.45) is 0 Å². The predicted molar refractivity (Wildman–Crippen MR) is 110 cm³/mol. The van der Waals surface area contributed by atoms with Crippen LogP contribution in [0.1, 0.15) is 12.8 Å². The van der Waals surface area contributed by atoms with Crippen LogP contribution in [0.15, 0.2) is 118 Å². The van der Waals surface area contributed by atoms with Crippen LogP contribution in [0.4, 0.5) is 0 Å². The molecule has 1 aliphatic carbocycles. The van der Waals surface area contributed by atoms with Crippen LogP contribution in [0, 0.1) is 0 Å². The molecule has 3 aromatic rings. The van der Waals surface area contributed by atoms with Gasteiger partial charge in [-0.25, -0.2) is 0 Å². The highest BCUT2D eigenvalue weighted by molar-refractivity contribution is 8.00. The van der Waals surface area contributed by atoms with Crippen LogP contribution in [0.3, 0.4) is 0 Å². The van der Waals surface area contributed by atoms with E-state index in [0.717, 1.165) is 24.3 Å². The molecule has 0 aliphatic heterocycles. The number of para-hydroxylation sites is 1. The zero-order valence-electron chi connectivity index (χ0n) is 14.5. The molecule has 0 heterocycles. The van der Waals surface area contributed by atoms with Crippen molar-refractivity contribution >= 4 is 10.9 Å². The van der Waals surface area contributed by atoms with E-state index in [4.69, 9.17) is 4.74 Å². The summed E-state index contributed by atoms with van der Waals surface area (Å²) < 4.78 is 5.94. The van der Waals surface area contributed by atoms with Gasteiger partial charge in [0.2, 0.25) is 0 Å². The predicted octanol–water partition coefficient (Wildman–Crippen LogP) is 6.75. The summed E-state index contributed by atoms with van der Waals surface area (Å²) in [5.74, 6) is 1.73. The number of rotatable bonds is 5. The molecule has 0 fully saturated rings. The molecule has 3 aromatic carbocycles. The summed E-state index contributed by atoms with van der Waals surface area (Å²) in [7, 11) is -0.0737. The largest absolute Gasteiger partial charge is 0.457 e. The van der Waals surface area contributed by atoms with E-state index in [9.17, 15) is 0 Å². The van der Waals surface area contributed by atoms with E-state index in [0.29, 0.717) is 0 Å². The molecule has 0 saturated heterocycles. The van der Waals surface area contributed by atoms with Gasteiger partial charge in [-0.3, -0.25) is 0 Å². The fourth-order valence-corrected chi connectivity index (χ4v) is 5.14. The first-order valence-corrected chi connectivity index (χ1v) is 10.1. The molecule has 0 bridgehead atoms. The summed E-state index contributed by atoms with van der Waals surface area (Å²) in [6.45, 7) is 0. The van der Waals surface area contributed by atoms with E-state index in [1.807, 2.05) is 30.3 Å². The molecule has 128 valence electrons. The van der Waals surface area contributed by atoms with Crippen LogP contribution < -0.4 is 4.74 Å². The van der Waals surface area contributed by atoms with Gasteiger partial charge in [0.25, 0.3) is 0 Å². The van der Waals surface area contributed by atoms with E-state index in [2.05, 4.69) is 72.8 Å². The maximum Gasteiger partial charge on any atom is 0.166 e. The summed E-state index contributed by atoms with van der Waals surface area (Å²) in [6, 6.07) is 29.2. The van der Waals surface area contributed by atoms with Crippen LogP contribution in [-0.2, 0) is 10.9 Å². The van der Waals surface area contributed by atoms with Crippen LogP contribution in [0.2, 0.25) is 0 Å². The first-order chi connectivity index (χ1) is 12.9. The zero-order valence-corrected chi connectivity index (χ0v) is 15.4. The second-order valence-electron chi connectivity index (χ2n) is 6.09. The van der Waals surface area contributed by atoms with Gasteiger partial charge in [0, 0.05) is 0 Å². The third-order valence-electron chi connectivity index (χ3n) is 4.21. The van der Waals surface area contributed by atoms with Gasteiger partial charge in [-0.05, 0) is 73.5 Å². The second-order valence-corrected chi connectivity index (χ2v) is 8.12. The zero-order chi connectivity index (χ0) is 17.6. The van der Waals surface area contributed by atoms with Crippen molar-refractivity contribution in [1.29, 1.82) is 0 Å². The Kier molecular flexibility index (Phi) is 5.22. The maximum absolute atomic E-state index is 5.94. The Morgan fingerprint density at radius 3 is 1.88 bits per heavy atom. The minimum Gasteiger partial charge on any atom is -0.457 e. The molecule has 2 heteroatoms. The average Bonchev–Trinajstić information content (AvgIpc) is 2.72. The van der Waals surface area contributed by atoms with E-state index in [1.54, 1.807) is 0 Å². The number of allylic oxidation sites excluding steroid dienone is 3. The highest BCUT2D eigenvalue weighted by Gasteiger charge is 2.29. The fraction of sp³-hybridized carbons (Fsp3) is 0.0833. The van der Waals surface area contributed by atoms with Gasteiger partial charge in [0.15, 0.2) is 14.7 Å². The van der Waals surface area contributed by atoms with E-state index in [1.165, 1.54) is 14.7 Å². The lowest BCUT2D eigenvalue weighted by molar-refractivity contribution is 0.482. The molecule has 0 radical (unpaired) electrons. The van der Waals surface area contributed by atoms with Gasteiger partial charge in [-0.15, -0.1) is 0 Å². The van der Waals surface area contributed by atoms with E-state index in [-0.39, 0.29) is 10.9 Å². The van der Waals surface area contributed by atoms with Crippen LogP contribution >= 0.6 is 0 Å². The first kappa shape index (κ1) is 16.7. The molecule has 1 nitrogen and oxygen atoms in total. The van der Waals surface area contributed by atoms with Crippen molar-refractivity contribution in [2.45, 2.75) is 22.6 Å². The molecular weight excluding hydrogens is 336 g/mol. The topological polar surface area (TPSA) is 9.23 Å². The Morgan fingerprint density at radius 2 is 1.23 bits per heavy atom. The summed E-state index contributed by atoms with van der Waals surface area (Å²) in [5.41, 5.74) is 0. The van der Waals surface area contributed by atoms with Crippen molar-refractivity contribution in [3.8, 4) is 11.5 Å². The third kappa shape index (κ3) is 3.92. The molecule has 26 heavy (non-hydrogen) atoms. The molecule has 1 atom stereocenters. The van der Waals surface area contributed by atoms with Gasteiger partial charge >= 0.3 is 0 Å². The lowest BCUT2D eigenvalue weighted by Gasteiger charge is -2.11. The second kappa shape index (κ2) is 8.11. The number of ether oxygens (including phenoxy) is 1. The summed E-state index contributed by atoms with van der Waals surface area (Å²) in [5, 5.41) is 0. The van der Waals surface area contributed by atoms with E-state index < -0.39 is 0 Å². The van der Waals surface area contributed by atoms with Gasteiger partial charge in [0.05, 0.1) is 10.9 Å². The smallest absolute Gasteiger partial charge is 0.166 e. The molecule has 1 aliphatic rings. The van der Waals surface area contributed by atoms with Crippen molar-refractivity contribution < 1.29 is 4.74 Å². The number of hydrogen-bond donors (Lipinski definition) is 0. The minimum atomic E-state index is -0.0737. The van der Waals surface area contributed by atoms with Crippen molar-refractivity contribution in [3.63, 3.8) is 0 Å². The summed E-state index contributed by atoms with van der Waals surface area (Å²) >= 11 is 0. The van der Waals surface area contributed by atoms with E-state index >= 15 is 0 Å². The fourth-order valence-electron chi connectivity index (χ4n) is 2.97. The van der Waals surface area contributed by atoms with Crippen LogP contribution in [0.25, 0.3) is 0 Å². The Balaban J connectivity index is 1.63. The maximum atomic E-state index is 5.94. The molecule has 0 amide bonds.